The SMILES string of the molecule is CC(C)COc1ccccc1CN(C)C(=O)C[C@H]1CCS(=O)(=O)C1. The second kappa shape index (κ2) is 8.01. The number of para-hydroxylation sites is 1. The van der Waals surface area contributed by atoms with Crippen LogP contribution in [0, 0.1) is 11.8 Å². The second-order valence-corrected chi connectivity index (χ2v) is 9.26. The van der Waals surface area contributed by atoms with E-state index in [0.717, 1.165) is 11.3 Å². The highest BCUT2D eigenvalue weighted by Crippen LogP contribution is 2.24. The summed E-state index contributed by atoms with van der Waals surface area (Å²) in [7, 11) is -1.18. The van der Waals surface area contributed by atoms with Gasteiger partial charge in [0.05, 0.1) is 18.1 Å². The molecule has 0 aliphatic carbocycles. The molecule has 1 atom stereocenters. The number of ether oxygens (including phenoxy) is 1. The highest BCUT2D eigenvalue weighted by molar-refractivity contribution is 7.91. The first-order valence-corrected chi connectivity index (χ1v) is 10.2. The topological polar surface area (TPSA) is 63.7 Å². The van der Waals surface area contributed by atoms with Crippen LogP contribution in [0.15, 0.2) is 24.3 Å². The van der Waals surface area contributed by atoms with Crippen LogP contribution >= 0.6 is 0 Å². The predicted molar refractivity (Wildman–Crippen MR) is 94.6 cm³/mol. The summed E-state index contributed by atoms with van der Waals surface area (Å²) in [5.74, 6) is 1.52. The largest absolute Gasteiger partial charge is 0.493 e. The molecule has 1 aromatic rings. The molecule has 1 aromatic carbocycles. The maximum absolute atomic E-state index is 12.4. The summed E-state index contributed by atoms with van der Waals surface area (Å²) in [4.78, 5) is 14.0. The number of amides is 1. The van der Waals surface area contributed by atoms with Gasteiger partial charge in [0.1, 0.15) is 5.75 Å². The lowest BCUT2D eigenvalue weighted by atomic mass is 10.0. The molecule has 0 bridgehead atoms. The summed E-state index contributed by atoms with van der Waals surface area (Å²) in [6.07, 6.45) is 0.890. The molecule has 0 radical (unpaired) electrons. The van der Waals surface area contributed by atoms with Gasteiger partial charge in [-0.15, -0.1) is 0 Å². The Morgan fingerprint density at radius 3 is 2.67 bits per heavy atom. The number of sulfone groups is 1. The van der Waals surface area contributed by atoms with Crippen LogP contribution in [0.3, 0.4) is 0 Å². The van der Waals surface area contributed by atoms with E-state index in [1.54, 1.807) is 11.9 Å². The Hall–Kier alpha value is -1.56. The molecule has 0 N–H and O–H groups in total. The summed E-state index contributed by atoms with van der Waals surface area (Å²) in [5, 5.41) is 0. The monoisotopic (exact) mass is 353 g/mol. The van der Waals surface area contributed by atoms with Crippen molar-refractivity contribution in [3.05, 3.63) is 29.8 Å². The molecule has 0 aromatic heterocycles. The molecule has 0 unspecified atom stereocenters. The fraction of sp³-hybridized carbons (Fsp3) is 0.611. The quantitative estimate of drug-likeness (QED) is 0.755. The van der Waals surface area contributed by atoms with Crippen molar-refractivity contribution in [2.24, 2.45) is 11.8 Å². The Labute approximate surface area is 144 Å². The molecule has 1 amide bonds. The summed E-state index contributed by atoms with van der Waals surface area (Å²) < 4.78 is 28.8. The first-order chi connectivity index (χ1) is 11.3. The molecule has 1 fully saturated rings. The van der Waals surface area contributed by atoms with Gasteiger partial charge in [-0.1, -0.05) is 32.0 Å². The fourth-order valence-corrected chi connectivity index (χ4v) is 4.67. The number of benzene rings is 1. The van der Waals surface area contributed by atoms with Crippen molar-refractivity contribution < 1.29 is 17.9 Å². The van der Waals surface area contributed by atoms with Crippen molar-refractivity contribution in [3.63, 3.8) is 0 Å². The molecule has 0 saturated carbocycles. The van der Waals surface area contributed by atoms with Crippen molar-refractivity contribution in [1.29, 1.82) is 0 Å². The molecule has 134 valence electrons. The van der Waals surface area contributed by atoms with Crippen LogP contribution in [0.4, 0.5) is 0 Å². The molecular weight excluding hydrogens is 326 g/mol. The predicted octanol–water partition coefficient (Wildman–Crippen LogP) is 2.50. The van der Waals surface area contributed by atoms with Gasteiger partial charge in [-0.2, -0.15) is 0 Å². The molecule has 2 rings (SSSR count). The van der Waals surface area contributed by atoms with Gasteiger partial charge in [-0.3, -0.25) is 4.79 Å². The standard InChI is InChI=1S/C18H27NO4S/c1-14(2)12-23-17-7-5-4-6-16(17)11-19(3)18(20)10-15-8-9-24(21,22)13-15/h4-7,14-15H,8-13H2,1-3H3/t15-/m1/s1. The van der Waals surface area contributed by atoms with E-state index in [4.69, 9.17) is 4.74 Å². The Kier molecular flexibility index (Phi) is 6.27. The van der Waals surface area contributed by atoms with Crippen LogP contribution in [0.1, 0.15) is 32.3 Å². The lowest BCUT2D eigenvalue weighted by Crippen LogP contribution is -2.28. The van der Waals surface area contributed by atoms with E-state index in [2.05, 4.69) is 13.8 Å². The van der Waals surface area contributed by atoms with E-state index in [1.165, 1.54) is 0 Å². The summed E-state index contributed by atoms with van der Waals surface area (Å²) in [6.45, 7) is 5.28. The number of carbonyl (C=O) groups is 1. The molecule has 1 aliphatic rings. The number of carbonyl (C=O) groups excluding carboxylic acids is 1. The van der Waals surface area contributed by atoms with Crippen molar-refractivity contribution >= 4 is 15.7 Å². The number of rotatable bonds is 7. The third-order valence-electron chi connectivity index (χ3n) is 4.17. The van der Waals surface area contributed by atoms with Crippen LogP contribution in [0.5, 0.6) is 5.75 Å². The van der Waals surface area contributed by atoms with E-state index in [1.807, 2.05) is 24.3 Å². The maximum atomic E-state index is 12.4. The van der Waals surface area contributed by atoms with Crippen molar-refractivity contribution in [3.8, 4) is 5.75 Å². The van der Waals surface area contributed by atoms with Gasteiger partial charge in [0.15, 0.2) is 9.84 Å². The van der Waals surface area contributed by atoms with Crippen LogP contribution in [0.2, 0.25) is 0 Å². The first-order valence-electron chi connectivity index (χ1n) is 8.42. The Bertz CT molecular complexity index is 669. The van der Waals surface area contributed by atoms with Gasteiger partial charge in [-0.25, -0.2) is 8.42 Å². The van der Waals surface area contributed by atoms with E-state index in [-0.39, 0.29) is 23.3 Å². The third kappa shape index (κ3) is 5.51. The normalized spacial score (nSPS) is 19.4. The Morgan fingerprint density at radius 1 is 1.33 bits per heavy atom. The maximum Gasteiger partial charge on any atom is 0.222 e. The number of hydrogen-bond acceptors (Lipinski definition) is 4. The van der Waals surface area contributed by atoms with Crippen LogP contribution < -0.4 is 4.74 Å². The van der Waals surface area contributed by atoms with Gasteiger partial charge in [0, 0.05) is 25.6 Å². The zero-order valence-electron chi connectivity index (χ0n) is 14.7. The minimum atomic E-state index is -2.94. The van der Waals surface area contributed by atoms with E-state index in [0.29, 0.717) is 31.9 Å². The number of hydrogen-bond donors (Lipinski definition) is 0. The van der Waals surface area contributed by atoms with Crippen molar-refractivity contribution in [2.45, 2.75) is 33.2 Å². The highest BCUT2D eigenvalue weighted by Gasteiger charge is 2.30. The molecule has 24 heavy (non-hydrogen) atoms. The smallest absolute Gasteiger partial charge is 0.222 e. The van der Waals surface area contributed by atoms with E-state index < -0.39 is 9.84 Å². The van der Waals surface area contributed by atoms with E-state index >= 15 is 0 Å². The Balaban J connectivity index is 1.94. The molecule has 1 saturated heterocycles. The summed E-state index contributed by atoms with van der Waals surface area (Å²) in [5.41, 5.74) is 0.966. The minimum absolute atomic E-state index is 0.0178. The molecule has 5 nitrogen and oxygen atoms in total. The minimum Gasteiger partial charge on any atom is -0.493 e. The number of nitrogens with zero attached hydrogens (tertiary/aromatic N) is 1. The fourth-order valence-electron chi connectivity index (χ4n) is 2.81. The van der Waals surface area contributed by atoms with Gasteiger partial charge in [0.2, 0.25) is 5.91 Å². The highest BCUT2D eigenvalue weighted by atomic mass is 32.2. The second-order valence-electron chi connectivity index (χ2n) is 7.04. The van der Waals surface area contributed by atoms with Crippen LogP contribution in [0.25, 0.3) is 0 Å². The van der Waals surface area contributed by atoms with Crippen molar-refractivity contribution in [1.82, 2.24) is 4.90 Å². The molecule has 1 aliphatic heterocycles. The van der Waals surface area contributed by atoms with Crippen molar-refractivity contribution in [2.75, 3.05) is 25.2 Å². The van der Waals surface area contributed by atoms with Gasteiger partial charge >= 0.3 is 0 Å². The molecule has 1 heterocycles. The van der Waals surface area contributed by atoms with Gasteiger partial charge in [-0.05, 0) is 24.3 Å². The zero-order valence-corrected chi connectivity index (χ0v) is 15.5. The first kappa shape index (κ1) is 18.8. The van der Waals surface area contributed by atoms with Gasteiger partial charge < -0.3 is 9.64 Å². The lowest BCUT2D eigenvalue weighted by Gasteiger charge is -2.21. The molecule has 6 heteroatoms. The van der Waals surface area contributed by atoms with Gasteiger partial charge in [0.25, 0.3) is 0 Å². The van der Waals surface area contributed by atoms with Crippen LogP contribution in [-0.2, 0) is 21.2 Å². The third-order valence-corrected chi connectivity index (χ3v) is 6.01. The molecule has 0 spiro atoms. The van der Waals surface area contributed by atoms with E-state index in [9.17, 15) is 13.2 Å². The summed E-state index contributed by atoms with van der Waals surface area (Å²) in [6, 6.07) is 7.73. The van der Waals surface area contributed by atoms with Crippen LogP contribution in [-0.4, -0.2) is 44.4 Å². The lowest BCUT2D eigenvalue weighted by molar-refractivity contribution is -0.131. The summed E-state index contributed by atoms with van der Waals surface area (Å²) >= 11 is 0. The average Bonchev–Trinajstić information content (AvgIpc) is 2.85. The Morgan fingerprint density at radius 2 is 2.04 bits per heavy atom. The zero-order chi connectivity index (χ0) is 17.7. The molecular formula is C18H27NO4S. The average molecular weight is 353 g/mol.